The number of nitrogens with one attached hydrogen (secondary N) is 1. The van der Waals surface area contributed by atoms with Gasteiger partial charge in [-0.3, -0.25) is 4.79 Å². The summed E-state index contributed by atoms with van der Waals surface area (Å²) in [6.45, 7) is 7.17. The standard InChI is InChI=1S/C36H49NO4/c1-23(9-18-34(40)37-25-11-13-28(14-12-25)41-27-7-5-4-6-8-27)30-16-17-31-29-15-10-24-21-26(38)19-20-35(24,2)32(29)22-33(39)36(30,31)3/h4-8,11-14,23-24,26,29-33,38-39H,9-10,15-22H2,1-3H3,(H,37,40). The molecule has 41 heavy (non-hydrogen) atoms. The van der Waals surface area contributed by atoms with Crippen LogP contribution in [0.3, 0.4) is 0 Å². The highest BCUT2D eigenvalue weighted by Gasteiger charge is 2.63. The maximum atomic E-state index is 12.9. The van der Waals surface area contributed by atoms with E-state index in [0.717, 1.165) is 55.7 Å². The molecule has 6 rings (SSSR count). The molecule has 4 saturated carbocycles. The number of hydrogen-bond donors (Lipinski definition) is 3. The lowest BCUT2D eigenvalue weighted by atomic mass is 9.43. The number of hydrogen-bond acceptors (Lipinski definition) is 4. The monoisotopic (exact) mass is 559 g/mol. The van der Waals surface area contributed by atoms with E-state index in [-0.39, 0.29) is 28.9 Å². The number of ether oxygens (including phenoxy) is 1. The number of benzene rings is 2. The van der Waals surface area contributed by atoms with Crippen LogP contribution in [0.2, 0.25) is 0 Å². The van der Waals surface area contributed by atoms with Crippen molar-refractivity contribution in [2.24, 2.45) is 46.3 Å². The molecule has 1 amide bonds. The molecule has 0 heterocycles. The molecule has 0 aliphatic heterocycles. The Balaban J connectivity index is 1.05. The summed E-state index contributed by atoms with van der Waals surface area (Å²) in [5.74, 6) is 4.84. The van der Waals surface area contributed by atoms with E-state index in [4.69, 9.17) is 4.74 Å². The fourth-order valence-corrected chi connectivity index (χ4v) is 10.2. The van der Waals surface area contributed by atoms with E-state index in [2.05, 4.69) is 26.1 Å². The second kappa shape index (κ2) is 11.4. The van der Waals surface area contributed by atoms with E-state index in [0.29, 0.717) is 41.9 Å². The maximum Gasteiger partial charge on any atom is 0.224 e. The van der Waals surface area contributed by atoms with E-state index >= 15 is 0 Å². The number of aliphatic hydroxyl groups excluding tert-OH is 2. The van der Waals surface area contributed by atoms with E-state index in [9.17, 15) is 15.0 Å². The molecular formula is C36H49NO4. The normalized spacial score (nSPS) is 38.7. The molecule has 0 spiro atoms. The fraction of sp³-hybridized carbons (Fsp3) is 0.639. The Morgan fingerprint density at radius 1 is 0.927 bits per heavy atom. The minimum Gasteiger partial charge on any atom is -0.457 e. The first-order chi connectivity index (χ1) is 19.7. The fourth-order valence-electron chi connectivity index (χ4n) is 10.2. The van der Waals surface area contributed by atoms with Crippen molar-refractivity contribution < 1.29 is 19.7 Å². The summed E-state index contributed by atoms with van der Waals surface area (Å²) in [6, 6.07) is 17.2. The molecule has 0 bridgehead atoms. The molecule has 222 valence electrons. The molecule has 0 saturated heterocycles. The van der Waals surface area contributed by atoms with E-state index in [1.54, 1.807) is 0 Å². The third-order valence-corrected chi connectivity index (χ3v) is 12.4. The van der Waals surface area contributed by atoms with Crippen LogP contribution in [0.1, 0.15) is 85.0 Å². The Morgan fingerprint density at radius 2 is 1.66 bits per heavy atom. The summed E-state index contributed by atoms with van der Waals surface area (Å²) in [6.07, 6.45) is 9.65. The molecule has 2 aromatic carbocycles. The molecule has 5 nitrogen and oxygen atoms in total. The van der Waals surface area contributed by atoms with E-state index in [1.807, 2.05) is 54.6 Å². The van der Waals surface area contributed by atoms with Gasteiger partial charge in [0.2, 0.25) is 5.91 Å². The Kier molecular flexibility index (Phi) is 7.97. The molecule has 4 fully saturated rings. The summed E-state index contributed by atoms with van der Waals surface area (Å²) in [4.78, 5) is 12.9. The minimum absolute atomic E-state index is 0.0447. The molecule has 0 radical (unpaired) electrons. The summed E-state index contributed by atoms with van der Waals surface area (Å²) in [5.41, 5.74) is 0.977. The largest absolute Gasteiger partial charge is 0.457 e. The number of carbonyl (C=O) groups excluding carboxylic acids is 1. The average molecular weight is 560 g/mol. The van der Waals surface area contributed by atoms with Crippen LogP contribution in [0.15, 0.2) is 54.6 Å². The molecule has 4 aliphatic rings. The number of carbonyl (C=O) groups is 1. The molecular weight excluding hydrogens is 510 g/mol. The van der Waals surface area contributed by atoms with Crippen LogP contribution >= 0.6 is 0 Å². The zero-order valence-corrected chi connectivity index (χ0v) is 25.1. The number of anilines is 1. The van der Waals surface area contributed by atoms with Gasteiger partial charge in [0.25, 0.3) is 0 Å². The van der Waals surface area contributed by atoms with Crippen molar-refractivity contribution in [1.29, 1.82) is 0 Å². The predicted octanol–water partition coefficient (Wildman–Crippen LogP) is 7.82. The van der Waals surface area contributed by atoms with Gasteiger partial charge in [-0.1, -0.05) is 39.0 Å². The SMILES string of the molecule is CC(CCC(=O)Nc1ccc(Oc2ccccc2)cc1)C1CCC2C3CCC4CC(O)CCC4(C)C3CC(O)C12C. The molecule has 0 aromatic heterocycles. The highest BCUT2D eigenvalue weighted by molar-refractivity contribution is 5.90. The van der Waals surface area contributed by atoms with Gasteiger partial charge in [-0.2, -0.15) is 0 Å². The Hall–Kier alpha value is -2.37. The van der Waals surface area contributed by atoms with E-state index < -0.39 is 0 Å². The summed E-state index contributed by atoms with van der Waals surface area (Å²) >= 11 is 0. The summed E-state index contributed by atoms with van der Waals surface area (Å²) in [5, 5.41) is 25.2. The van der Waals surface area contributed by atoms with Gasteiger partial charge < -0.3 is 20.3 Å². The van der Waals surface area contributed by atoms with Crippen LogP contribution in [0.4, 0.5) is 5.69 Å². The van der Waals surface area contributed by atoms with Crippen molar-refractivity contribution in [3.05, 3.63) is 54.6 Å². The third-order valence-electron chi connectivity index (χ3n) is 12.4. The smallest absolute Gasteiger partial charge is 0.224 e. The van der Waals surface area contributed by atoms with Gasteiger partial charge in [-0.15, -0.1) is 0 Å². The highest BCUT2D eigenvalue weighted by atomic mass is 16.5. The number of para-hydroxylation sites is 1. The molecule has 10 unspecified atom stereocenters. The van der Waals surface area contributed by atoms with Crippen molar-refractivity contribution in [2.75, 3.05) is 5.32 Å². The summed E-state index contributed by atoms with van der Waals surface area (Å²) in [7, 11) is 0. The first-order valence-electron chi connectivity index (χ1n) is 16.2. The van der Waals surface area contributed by atoms with Gasteiger partial charge >= 0.3 is 0 Å². The Labute approximate surface area is 246 Å². The van der Waals surface area contributed by atoms with Crippen molar-refractivity contribution in [1.82, 2.24) is 0 Å². The third kappa shape index (κ3) is 5.33. The second-order valence-corrected chi connectivity index (χ2v) is 14.4. The van der Waals surface area contributed by atoms with Crippen LogP contribution in [0.25, 0.3) is 0 Å². The van der Waals surface area contributed by atoms with Crippen molar-refractivity contribution in [3.63, 3.8) is 0 Å². The van der Waals surface area contributed by atoms with Crippen LogP contribution in [0.5, 0.6) is 11.5 Å². The molecule has 10 atom stereocenters. The lowest BCUT2D eigenvalue weighted by Gasteiger charge is -2.62. The zero-order chi connectivity index (χ0) is 28.8. The van der Waals surface area contributed by atoms with Gasteiger partial charge in [0.1, 0.15) is 11.5 Å². The quantitative estimate of drug-likeness (QED) is 0.323. The number of rotatable bonds is 7. The van der Waals surface area contributed by atoms with Crippen LogP contribution in [0, 0.1) is 46.3 Å². The Morgan fingerprint density at radius 3 is 2.41 bits per heavy atom. The van der Waals surface area contributed by atoms with Gasteiger partial charge in [0.15, 0.2) is 0 Å². The van der Waals surface area contributed by atoms with Gasteiger partial charge in [-0.05, 0) is 141 Å². The Bertz CT molecular complexity index is 1200. The summed E-state index contributed by atoms with van der Waals surface area (Å²) < 4.78 is 5.86. The number of fused-ring (bicyclic) bond motifs is 5. The first-order valence-corrected chi connectivity index (χ1v) is 16.2. The first kappa shape index (κ1) is 28.7. The van der Waals surface area contributed by atoms with Gasteiger partial charge in [0, 0.05) is 12.1 Å². The topological polar surface area (TPSA) is 78.8 Å². The number of amides is 1. The van der Waals surface area contributed by atoms with Gasteiger partial charge in [0.05, 0.1) is 12.2 Å². The molecule has 3 N–H and O–H groups in total. The van der Waals surface area contributed by atoms with Crippen LogP contribution in [-0.4, -0.2) is 28.3 Å². The lowest BCUT2D eigenvalue weighted by molar-refractivity contribution is -0.174. The van der Waals surface area contributed by atoms with Crippen molar-refractivity contribution >= 4 is 11.6 Å². The average Bonchev–Trinajstić information content (AvgIpc) is 3.33. The van der Waals surface area contributed by atoms with Crippen LogP contribution < -0.4 is 10.1 Å². The van der Waals surface area contributed by atoms with E-state index in [1.165, 1.54) is 19.3 Å². The van der Waals surface area contributed by atoms with Gasteiger partial charge in [-0.25, -0.2) is 0 Å². The minimum atomic E-state index is -0.281. The number of aliphatic hydroxyl groups is 2. The second-order valence-electron chi connectivity index (χ2n) is 14.4. The molecule has 4 aliphatic carbocycles. The predicted molar refractivity (Wildman–Crippen MR) is 163 cm³/mol. The molecule has 5 heteroatoms. The van der Waals surface area contributed by atoms with Crippen molar-refractivity contribution in [3.8, 4) is 11.5 Å². The van der Waals surface area contributed by atoms with Crippen molar-refractivity contribution in [2.45, 2.75) is 97.2 Å². The zero-order valence-electron chi connectivity index (χ0n) is 25.1. The van der Waals surface area contributed by atoms with Crippen LogP contribution in [-0.2, 0) is 4.79 Å². The lowest BCUT2D eigenvalue weighted by Crippen LogP contribution is -2.58. The maximum absolute atomic E-state index is 12.9. The highest BCUT2D eigenvalue weighted by Crippen LogP contribution is 2.68. The molecule has 2 aromatic rings.